The highest BCUT2D eigenvalue weighted by Crippen LogP contribution is 2.53. The Morgan fingerprint density at radius 2 is 1.17 bits per heavy atom. The standard InChI is InChI=1S/C16H21NO6/c1-18-9-10(8-17)7-11-12(19-2)14(21-4)16(23-6)15(22-5)13(11)20-3/h7H,9H2,1-6H3/b10-7-. The molecule has 0 N–H and O–H groups in total. The van der Waals surface area contributed by atoms with Crippen LogP contribution in [0.4, 0.5) is 0 Å². The molecule has 1 aromatic rings. The zero-order chi connectivity index (χ0) is 17.4. The molecule has 0 amide bonds. The van der Waals surface area contributed by atoms with Gasteiger partial charge in [-0.3, -0.25) is 0 Å². The van der Waals surface area contributed by atoms with E-state index in [1.807, 2.05) is 0 Å². The number of ether oxygens (including phenoxy) is 6. The van der Waals surface area contributed by atoms with Crippen LogP contribution in [0.15, 0.2) is 5.57 Å². The molecule has 7 nitrogen and oxygen atoms in total. The van der Waals surface area contributed by atoms with Crippen molar-refractivity contribution < 1.29 is 28.4 Å². The van der Waals surface area contributed by atoms with Crippen LogP contribution in [-0.4, -0.2) is 49.3 Å². The van der Waals surface area contributed by atoms with Crippen LogP contribution < -0.4 is 23.7 Å². The molecule has 0 fully saturated rings. The minimum absolute atomic E-state index is 0.152. The molecule has 0 aliphatic carbocycles. The van der Waals surface area contributed by atoms with Crippen LogP contribution in [0.25, 0.3) is 6.08 Å². The monoisotopic (exact) mass is 323 g/mol. The fourth-order valence-electron chi connectivity index (χ4n) is 2.19. The van der Waals surface area contributed by atoms with Crippen LogP contribution in [0, 0.1) is 11.3 Å². The molecule has 1 rings (SSSR count). The quantitative estimate of drug-likeness (QED) is 0.679. The zero-order valence-electron chi connectivity index (χ0n) is 14.2. The molecule has 0 heterocycles. The van der Waals surface area contributed by atoms with Crippen LogP contribution in [0.3, 0.4) is 0 Å². The first-order valence-electron chi connectivity index (χ1n) is 6.66. The van der Waals surface area contributed by atoms with Crippen LogP contribution >= 0.6 is 0 Å². The summed E-state index contributed by atoms with van der Waals surface area (Å²) in [6.07, 6.45) is 1.60. The van der Waals surface area contributed by atoms with Crippen molar-refractivity contribution in [1.82, 2.24) is 0 Å². The van der Waals surface area contributed by atoms with E-state index in [9.17, 15) is 5.26 Å². The average Bonchev–Trinajstić information content (AvgIpc) is 2.59. The van der Waals surface area contributed by atoms with Crippen molar-refractivity contribution in [2.75, 3.05) is 49.3 Å². The third-order valence-electron chi connectivity index (χ3n) is 3.10. The fourth-order valence-corrected chi connectivity index (χ4v) is 2.19. The predicted octanol–water partition coefficient (Wildman–Crippen LogP) is 2.28. The number of methoxy groups -OCH3 is 6. The molecule has 0 aliphatic heterocycles. The molecule has 0 saturated heterocycles. The maximum atomic E-state index is 9.23. The summed E-state index contributed by atoms with van der Waals surface area (Å²) in [5.74, 6) is 1.75. The molecular formula is C16H21NO6. The van der Waals surface area contributed by atoms with Crippen molar-refractivity contribution in [2.45, 2.75) is 0 Å². The molecule has 0 aromatic heterocycles. The summed E-state index contributed by atoms with van der Waals surface area (Å²) in [5, 5.41) is 9.23. The summed E-state index contributed by atoms with van der Waals surface area (Å²) in [6.45, 7) is 0.152. The van der Waals surface area contributed by atoms with Gasteiger partial charge in [0.05, 0.1) is 59.4 Å². The van der Waals surface area contributed by atoms with Gasteiger partial charge in [-0.05, 0) is 6.08 Å². The number of benzene rings is 1. The van der Waals surface area contributed by atoms with Gasteiger partial charge in [-0.2, -0.15) is 5.26 Å². The Kier molecular flexibility index (Phi) is 7.03. The number of hydrogen-bond donors (Lipinski definition) is 0. The molecule has 0 atom stereocenters. The van der Waals surface area contributed by atoms with E-state index in [2.05, 4.69) is 6.07 Å². The predicted molar refractivity (Wildman–Crippen MR) is 84.7 cm³/mol. The Labute approximate surface area is 135 Å². The van der Waals surface area contributed by atoms with Crippen LogP contribution in [0.2, 0.25) is 0 Å². The summed E-state index contributed by atoms with van der Waals surface area (Å²) < 4.78 is 32.0. The Hall–Kier alpha value is -2.59. The minimum atomic E-state index is 0.152. The molecule has 1 aromatic carbocycles. The number of nitrogens with zero attached hydrogens (tertiary/aromatic N) is 1. The largest absolute Gasteiger partial charge is 0.492 e. The van der Waals surface area contributed by atoms with Crippen molar-refractivity contribution >= 4 is 6.08 Å². The number of hydrogen-bond acceptors (Lipinski definition) is 7. The van der Waals surface area contributed by atoms with Crippen LogP contribution in [-0.2, 0) is 4.74 Å². The molecule has 0 spiro atoms. The third kappa shape index (κ3) is 3.60. The van der Waals surface area contributed by atoms with Gasteiger partial charge in [0.15, 0.2) is 11.5 Å². The number of nitriles is 1. The van der Waals surface area contributed by atoms with Gasteiger partial charge in [0.25, 0.3) is 0 Å². The summed E-state index contributed by atoms with van der Waals surface area (Å²) in [5.41, 5.74) is 0.886. The highest BCUT2D eigenvalue weighted by Gasteiger charge is 2.27. The van der Waals surface area contributed by atoms with E-state index in [0.29, 0.717) is 39.9 Å². The van der Waals surface area contributed by atoms with E-state index in [4.69, 9.17) is 28.4 Å². The lowest BCUT2D eigenvalue weighted by atomic mass is 10.1. The van der Waals surface area contributed by atoms with E-state index < -0.39 is 0 Å². The van der Waals surface area contributed by atoms with Gasteiger partial charge < -0.3 is 28.4 Å². The van der Waals surface area contributed by atoms with Gasteiger partial charge in [-0.1, -0.05) is 0 Å². The Morgan fingerprint density at radius 1 is 0.783 bits per heavy atom. The second-order valence-electron chi connectivity index (χ2n) is 4.29. The van der Waals surface area contributed by atoms with Crippen molar-refractivity contribution in [3.8, 4) is 34.8 Å². The molecule has 0 radical (unpaired) electrons. The van der Waals surface area contributed by atoms with Crippen LogP contribution in [0.5, 0.6) is 28.7 Å². The maximum Gasteiger partial charge on any atom is 0.211 e. The molecular weight excluding hydrogens is 302 g/mol. The lowest BCUT2D eigenvalue weighted by molar-refractivity contribution is 0.229. The molecule has 0 aliphatic rings. The van der Waals surface area contributed by atoms with E-state index in [-0.39, 0.29) is 6.61 Å². The average molecular weight is 323 g/mol. The van der Waals surface area contributed by atoms with Crippen molar-refractivity contribution in [3.05, 3.63) is 11.1 Å². The van der Waals surface area contributed by atoms with Gasteiger partial charge >= 0.3 is 0 Å². The second-order valence-corrected chi connectivity index (χ2v) is 4.29. The highest BCUT2D eigenvalue weighted by atomic mass is 16.6. The van der Waals surface area contributed by atoms with Gasteiger partial charge in [0, 0.05) is 7.11 Å². The van der Waals surface area contributed by atoms with Gasteiger partial charge in [-0.15, -0.1) is 0 Å². The summed E-state index contributed by atoms with van der Waals surface area (Å²) in [4.78, 5) is 0. The normalized spacial score (nSPS) is 10.7. The van der Waals surface area contributed by atoms with E-state index in [0.717, 1.165) is 0 Å². The highest BCUT2D eigenvalue weighted by molar-refractivity contribution is 5.79. The smallest absolute Gasteiger partial charge is 0.211 e. The maximum absolute atomic E-state index is 9.23. The van der Waals surface area contributed by atoms with Crippen molar-refractivity contribution in [1.29, 1.82) is 5.26 Å². The Morgan fingerprint density at radius 3 is 1.48 bits per heavy atom. The summed E-state index contributed by atoms with van der Waals surface area (Å²) >= 11 is 0. The summed E-state index contributed by atoms with van der Waals surface area (Å²) in [7, 11) is 8.95. The number of rotatable bonds is 8. The van der Waals surface area contributed by atoms with Gasteiger partial charge in [-0.25, -0.2) is 0 Å². The lowest BCUT2D eigenvalue weighted by Gasteiger charge is -2.21. The third-order valence-corrected chi connectivity index (χ3v) is 3.10. The Balaban J connectivity index is 3.82. The van der Waals surface area contributed by atoms with Crippen molar-refractivity contribution in [3.63, 3.8) is 0 Å². The fraction of sp³-hybridized carbons (Fsp3) is 0.438. The zero-order valence-corrected chi connectivity index (χ0v) is 14.2. The van der Waals surface area contributed by atoms with Crippen LogP contribution in [0.1, 0.15) is 5.56 Å². The van der Waals surface area contributed by atoms with E-state index >= 15 is 0 Å². The topological polar surface area (TPSA) is 79.2 Å². The summed E-state index contributed by atoms with van der Waals surface area (Å²) in [6, 6.07) is 2.07. The molecule has 126 valence electrons. The molecule has 0 bridgehead atoms. The molecule has 0 unspecified atom stereocenters. The first-order valence-corrected chi connectivity index (χ1v) is 6.66. The molecule has 23 heavy (non-hydrogen) atoms. The minimum Gasteiger partial charge on any atom is -0.492 e. The second kappa shape index (κ2) is 8.76. The first kappa shape index (κ1) is 18.5. The molecule has 7 heteroatoms. The van der Waals surface area contributed by atoms with Gasteiger partial charge in [0.2, 0.25) is 17.2 Å². The van der Waals surface area contributed by atoms with E-state index in [1.54, 1.807) is 6.08 Å². The lowest BCUT2D eigenvalue weighted by Crippen LogP contribution is -2.04. The Bertz CT molecular complexity index is 585. The first-order chi connectivity index (χ1) is 11.1. The van der Waals surface area contributed by atoms with Crippen molar-refractivity contribution in [2.24, 2.45) is 0 Å². The van der Waals surface area contributed by atoms with E-state index in [1.165, 1.54) is 42.7 Å². The van der Waals surface area contributed by atoms with Gasteiger partial charge in [0.1, 0.15) is 0 Å². The molecule has 0 saturated carbocycles. The SMILES string of the molecule is COC/C(C#N)=C\c1c(OC)c(OC)c(OC)c(OC)c1OC.